The van der Waals surface area contributed by atoms with E-state index in [2.05, 4.69) is 27.9 Å². The molecule has 14 heavy (non-hydrogen) atoms. The van der Waals surface area contributed by atoms with Crippen LogP contribution in [0, 0.1) is 3.57 Å². The van der Waals surface area contributed by atoms with Gasteiger partial charge in [-0.1, -0.05) is 0 Å². The average Bonchev–Trinajstić information content (AvgIpc) is 2.15. The van der Waals surface area contributed by atoms with E-state index in [1.165, 1.54) is 0 Å². The Labute approximate surface area is 94.5 Å². The molecule has 0 fully saturated rings. The van der Waals surface area contributed by atoms with Gasteiger partial charge in [0.15, 0.2) is 0 Å². The van der Waals surface area contributed by atoms with E-state index in [1.807, 2.05) is 0 Å². The van der Waals surface area contributed by atoms with E-state index >= 15 is 0 Å². The summed E-state index contributed by atoms with van der Waals surface area (Å²) in [7, 11) is 0. The number of carbonyl (C=O) groups excluding carboxylic acids is 1. The molecule has 0 saturated heterocycles. The number of rotatable bonds is 3. The first kappa shape index (κ1) is 11.0. The monoisotopic (exact) mass is 305 g/mol. The van der Waals surface area contributed by atoms with E-state index in [0.29, 0.717) is 5.56 Å². The number of nitrogens with one attached hydrogen (secondary N) is 1. The molecule has 0 atom stereocenters. The predicted molar refractivity (Wildman–Crippen MR) is 59.1 cm³/mol. The zero-order chi connectivity index (χ0) is 10.6. The maximum atomic E-state index is 11.3. The van der Waals surface area contributed by atoms with E-state index in [0.717, 1.165) is 3.57 Å². The van der Waals surface area contributed by atoms with Crippen LogP contribution in [0.2, 0.25) is 0 Å². The zero-order valence-corrected chi connectivity index (χ0v) is 9.32. The average molecular weight is 305 g/mol. The topological polar surface area (TPSA) is 66.4 Å². The number of hydrogen-bond donors (Lipinski definition) is 2. The molecule has 0 radical (unpaired) electrons. The highest BCUT2D eigenvalue weighted by molar-refractivity contribution is 14.1. The Morgan fingerprint density at radius 3 is 2.36 bits per heavy atom. The molecule has 1 rings (SSSR count). The SMILES string of the molecule is O=C(O)CNC(=O)c1ccc(I)cc1. The summed E-state index contributed by atoms with van der Waals surface area (Å²) in [5, 5.41) is 10.6. The fraction of sp³-hybridized carbons (Fsp3) is 0.111. The van der Waals surface area contributed by atoms with Gasteiger partial charge in [-0.3, -0.25) is 9.59 Å². The molecule has 0 aliphatic rings. The molecule has 0 spiro atoms. The van der Waals surface area contributed by atoms with Gasteiger partial charge in [0.25, 0.3) is 5.91 Å². The summed E-state index contributed by atoms with van der Waals surface area (Å²) in [6.07, 6.45) is 0. The van der Waals surface area contributed by atoms with Gasteiger partial charge in [-0.05, 0) is 46.9 Å². The zero-order valence-electron chi connectivity index (χ0n) is 7.16. The first-order valence-corrected chi connectivity index (χ1v) is 4.93. The second-order valence-electron chi connectivity index (χ2n) is 2.58. The molecular weight excluding hydrogens is 297 g/mol. The molecule has 2 N–H and O–H groups in total. The Bertz CT molecular complexity index is 348. The molecular formula is C9H8INO3. The third-order valence-electron chi connectivity index (χ3n) is 1.51. The minimum Gasteiger partial charge on any atom is -0.480 e. The van der Waals surface area contributed by atoms with Crippen LogP contribution >= 0.6 is 22.6 Å². The quantitative estimate of drug-likeness (QED) is 0.822. The molecule has 74 valence electrons. The normalized spacial score (nSPS) is 9.50. The minimum atomic E-state index is -1.05. The van der Waals surface area contributed by atoms with Gasteiger partial charge in [0.1, 0.15) is 6.54 Å². The van der Waals surface area contributed by atoms with Crippen LogP contribution in [0.4, 0.5) is 0 Å². The lowest BCUT2D eigenvalue weighted by atomic mass is 10.2. The van der Waals surface area contributed by atoms with Crippen molar-refractivity contribution in [2.24, 2.45) is 0 Å². The summed E-state index contributed by atoms with van der Waals surface area (Å²) in [4.78, 5) is 21.5. The van der Waals surface area contributed by atoms with Crippen molar-refractivity contribution < 1.29 is 14.7 Å². The van der Waals surface area contributed by atoms with Gasteiger partial charge in [-0.15, -0.1) is 0 Å². The van der Waals surface area contributed by atoms with Gasteiger partial charge in [0.05, 0.1) is 0 Å². The smallest absolute Gasteiger partial charge is 0.322 e. The molecule has 0 unspecified atom stereocenters. The van der Waals surface area contributed by atoms with Gasteiger partial charge in [-0.25, -0.2) is 0 Å². The summed E-state index contributed by atoms with van der Waals surface area (Å²) in [5.74, 6) is -1.42. The highest BCUT2D eigenvalue weighted by atomic mass is 127. The number of amides is 1. The van der Waals surface area contributed by atoms with Gasteiger partial charge in [-0.2, -0.15) is 0 Å². The van der Waals surface area contributed by atoms with Crippen molar-refractivity contribution in [2.45, 2.75) is 0 Å². The Hall–Kier alpha value is -1.11. The van der Waals surface area contributed by atoms with Crippen LogP contribution in [0.1, 0.15) is 10.4 Å². The molecule has 1 amide bonds. The molecule has 0 aliphatic carbocycles. The standard InChI is InChI=1S/C9H8INO3/c10-7-3-1-6(2-4-7)9(14)11-5-8(12)13/h1-4H,5H2,(H,11,14)(H,12,13). The fourth-order valence-corrected chi connectivity index (χ4v) is 1.22. The summed E-state index contributed by atoms with van der Waals surface area (Å²) >= 11 is 2.13. The molecule has 0 saturated carbocycles. The van der Waals surface area contributed by atoms with Crippen LogP contribution in [0.25, 0.3) is 0 Å². The number of hydrogen-bond acceptors (Lipinski definition) is 2. The Balaban J connectivity index is 2.61. The molecule has 4 nitrogen and oxygen atoms in total. The van der Waals surface area contributed by atoms with Crippen LogP contribution in [0.3, 0.4) is 0 Å². The van der Waals surface area contributed by atoms with Crippen molar-refractivity contribution in [1.29, 1.82) is 0 Å². The first-order chi connectivity index (χ1) is 6.59. The van der Waals surface area contributed by atoms with Crippen molar-refractivity contribution in [3.8, 4) is 0 Å². The summed E-state index contributed by atoms with van der Waals surface area (Å²) < 4.78 is 1.03. The molecule has 5 heteroatoms. The highest BCUT2D eigenvalue weighted by Gasteiger charge is 2.05. The van der Waals surface area contributed by atoms with Crippen LogP contribution in [-0.4, -0.2) is 23.5 Å². The Morgan fingerprint density at radius 1 is 1.29 bits per heavy atom. The lowest BCUT2D eigenvalue weighted by Gasteiger charge is -2.01. The molecule has 0 aliphatic heterocycles. The van der Waals surface area contributed by atoms with Gasteiger partial charge in [0.2, 0.25) is 0 Å². The first-order valence-electron chi connectivity index (χ1n) is 3.85. The third kappa shape index (κ3) is 3.33. The van der Waals surface area contributed by atoms with E-state index in [-0.39, 0.29) is 12.5 Å². The second-order valence-corrected chi connectivity index (χ2v) is 3.83. The summed E-state index contributed by atoms with van der Waals surface area (Å²) in [5.41, 5.74) is 0.465. The third-order valence-corrected chi connectivity index (χ3v) is 2.23. The number of benzene rings is 1. The largest absolute Gasteiger partial charge is 0.480 e. The van der Waals surface area contributed by atoms with Crippen molar-refractivity contribution in [2.75, 3.05) is 6.54 Å². The minimum absolute atomic E-state index is 0.356. The van der Waals surface area contributed by atoms with Crippen molar-refractivity contribution in [1.82, 2.24) is 5.32 Å². The van der Waals surface area contributed by atoms with Crippen LogP contribution < -0.4 is 5.32 Å². The number of carboxylic acid groups (broad SMARTS) is 1. The van der Waals surface area contributed by atoms with Crippen molar-refractivity contribution in [3.63, 3.8) is 0 Å². The molecule has 0 aromatic heterocycles. The highest BCUT2D eigenvalue weighted by Crippen LogP contribution is 2.06. The predicted octanol–water partition coefficient (Wildman–Crippen LogP) is 1.11. The van der Waals surface area contributed by atoms with E-state index in [4.69, 9.17) is 5.11 Å². The number of carbonyl (C=O) groups is 2. The number of halogens is 1. The summed E-state index contributed by atoms with van der Waals surface area (Å²) in [6.45, 7) is -0.356. The van der Waals surface area contributed by atoms with Gasteiger partial charge in [0, 0.05) is 9.13 Å². The van der Waals surface area contributed by atoms with Gasteiger partial charge >= 0.3 is 5.97 Å². The number of carboxylic acids is 1. The molecule has 0 heterocycles. The molecule has 1 aromatic carbocycles. The maximum absolute atomic E-state index is 11.3. The van der Waals surface area contributed by atoms with Crippen LogP contribution in [-0.2, 0) is 4.79 Å². The van der Waals surface area contributed by atoms with Crippen LogP contribution in [0.5, 0.6) is 0 Å². The second kappa shape index (κ2) is 4.94. The number of aliphatic carboxylic acids is 1. The van der Waals surface area contributed by atoms with E-state index in [1.54, 1.807) is 24.3 Å². The molecule has 1 aromatic rings. The van der Waals surface area contributed by atoms with Gasteiger partial charge < -0.3 is 10.4 Å². The van der Waals surface area contributed by atoms with Crippen molar-refractivity contribution >= 4 is 34.5 Å². The van der Waals surface area contributed by atoms with Crippen molar-refractivity contribution in [3.05, 3.63) is 33.4 Å². The lowest BCUT2D eigenvalue weighted by Crippen LogP contribution is -2.29. The van der Waals surface area contributed by atoms with E-state index < -0.39 is 5.97 Å². The van der Waals surface area contributed by atoms with E-state index in [9.17, 15) is 9.59 Å². The Morgan fingerprint density at radius 2 is 1.86 bits per heavy atom. The fourth-order valence-electron chi connectivity index (χ4n) is 0.859. The van der Waals surface area contributed by atoms with Crippen LogP contribution in [0.15, 0.2) is 24.3 Å². The lowest BCUT2D eigenvalue weighted by molar-refractivity contribution is -0.135. The summed E-state index contributed by atoms with van der Waals surface area (Å²) in [6, 6.07) is 6.88. The Kier molecular flexibility index (Phi) is 3.87. The molecule has 0 bridgehead atoms. The maximum Gasteiger partial charge on any atom is 0.322 e.